The summed E-state index contributed by atoms with van der Waals surface area (Å²) in [7, 11) is -1.63. The quantitative estimate of drug-likeness (QED) is 0.0554. The predicted octanol–water partition coefficient (Wildman–Crippen LogP) is 1.74. The summed E-state index contributed by atoms with van der Waals surface area (Å²) in [4.78, 5) is 69.9. The number of Topliss-reactive ketones (excluding diaryl/α,β-unsaturated/α-hetero) is 1. The Morgan fingerprint density at radius 1 is 0.750 bits per heavy atom. The van der Waals surface area contributed by atoms with Gasteiger partial charge in [0.15, 0.2) is 0 Å². The molecule has 3 aromatic carbocycles. The first-order valence-electron chi connectivity index (χ1n) is 15.5. The van der Waals surface area contributed by atoms with E-state index in [9.17, 15) is 34.0 Å². The van der Waals surface area contributed by atoms with Crippen molar-refractivity contribution in [2.45, 2.75) is 12.8 Å². The Morgan fingerprint density at radius 3 is 2.08 bits per heavy atom. The summed E-state index contributed by atoms with van der Waals surface area (Å²) >= 11 is 0. The zero-order chi connectivity index (χ0) is 34.0. The number of aromatic amines is 1. The molecule has 15 heteroatoms. The number of carbonyl (C=O) groups excluding carboxylic acids is 5. The van der Waals surface area contributed by atoms with Crippen LogP contribution >= 0.6 is 0 Å². The number of hydrogen-bond donors (Lipinski definition) is 7. The van der Waals surface area contributed by atoms with E-state index in [1.807, 2.05) is 6.07 Å². The number of para-hydroxylation sites is 1. The number of nitrogens with zero attached hydrogens (tertiary/aromatic N) is 2. The molecule has 0 unspecified atom stereocenters. The van der Waals surface area contributed by atoms with E-state index < -0.39 is 30.9 Å². The van der Waals surface area contributed by atoms with Crippen LogP contribution in [0.4, 0.5) is 21.0 Å². The summed E-state index contributed by atoms with van der Waals surface area (Å²) in [5.74, 6) is -1.44. The average molecular weight is 654 g/mol. The maximum absolute atomic E-state index is 13.2. The molecule has 0 atom stereocenters. The topological polar surface area (TPSA) is 196 Å². The molecule has 1 saturated heterocycles. The molecule has 1 aliphatic rings. The third-order valence-electron chi connectivity index (χ3n) is 7.89. The molecule has 4 aromatic rings. The minimum Gasteiger partial charge on any atom is -0.423 e. The van der Waals surface area contributed by atoms with Gasteiger partial charge in [0, 0.05) is 62.1 Å². The first kappa shape index (κ1) is 33.7. The molecule has 0 aliphatic carbocycles. The number of aromatic nitrogens is 1. The van der Waals surface area contributed by atoms with E-state index in [0.717, 1.165) is 0 Å². The molecule has 2 heterocycles. The highest BCUT2D eigenvalue weighted by molar-refractivity contribution is 6.58. The van der Waals surface area contributed by atoms with Gasteiger partial charge in [0.05, 0.1) is 16.8 Å². The van der Waals surface area contributed by atoms with Gasteiger partial charge in [-0.15, -0.1) is 0 Å². The van der Waals surface area contributed by atoms with E-state index in [1.54, 1.807) is 59.5 Å². The molecule has 48 heavy (non-hydrogen) atoms. The largest absolute Gasteiger partial charge is 0.488 e. The van der Waals surface area contributed by atoms with Crippen LogP contribution < -0.4 is 26.7 Å². The second-order valence-electron chi connectivity index (χ2n) is 11.2. The van der Waals surface area contributed by atoms with Gasteiger partial charge >= 0.3 is 19.2 Å². The minimum atomic E-state index is -1.63. The Balaban J connectivity index is 1.05. The van der Waals surface area contributed by atoms with Gasteiger partial charge in [0.25, 0.3) is 17.6 Å². The fourth-order valence-corrected chi connectivity index (χ4v) is 5.35. The first-order valence-corrected chi connectivity index (χ1v) is 15.5. The Labute approximate surface area is 276 Å². The Morgan fingerprint density at radius 2 is 1.40 bits per heavy atom. The van der Waals surface area contributed by atoms with Crippen LogP contribution in [0.3, 0.4) is 0 Å². The number of carbonyl (C=O) groups is 5. The number of ketones is 1. The number of rotatable bonds is 11. The van der Waals surface area contributed by atoms with E-state index in [2.05, 4.69) is 26.3 Å². The van der Waals surface area contributed by atoms with Gasteiger partial charge in [0.1, 0.15) is 0 Å². The van der Waals surface area contributed by atoms with Crippen LogP contribution in [0.5, 0.6) is 0 Å². The number of amides is 6. The number of anilines is 2. The van der Waals surface area contributed by atoms with Crippen LogP contribution in [0.25, 0.3) is 10.9 Å². The van der Waals surface area contributed by atoms with Gasteiger partial charge in [-0.25, -0.2) is 9.59 Å². The molecule has 248 valence electrons. The zero-order valence-electron chi connectivity index (χ0n) is 26.1. The highest BCUT2D eigenvalue weighted by Crippen LogP contribution is 2.26. The smallest absolute Gasteiger partial charge is 0.423 e. The van der Waals surface area contributed by atoms with E-state index in [4.69, 9.17) is 0 Å². The van der Waals surface area contributed by atoms with Crippen molar-refractivity contribution in [2.75, 3.05) is 49.9 Å². The van der Waals surface area contributed by atoms with Crippen LogP contribution in [0.2, 0.25) is 0 Å². The number of benzene rings is 3. The third kappa shape index (κ3) is 8.37. The van der Waals surface area contributed by atoms with Crippen molar-refractivity contribution >= 4 is 64.5 Å². The van der Waals surface area contributed by atoms with Crippen molar-refractivity contribution in [3.05, 3.63) is 90.1 Å². The second kappa shape index (κ2) is 15.8. The number of H-pyrrole nitrogens is 1. The van der Waals surface area contributed by atoms with Crippen molar-refractivity contribution in [1.82, 2.24) is 25.4 Å². The molecule has 7 N–H and O–H groups in total. The molecule has 0 spiro atoms. The lowest BCUT2D eigenvalue weighted by atomic mass is 9.80. The van der Waals surface area contributed by atoms with Crippen molar-refractivity contribution in [3.63, 3.8) is 0 Å². The normalized spacial score (nSPS) is 12.7. The summed E-state index contributed by atoms with van der Waals surface area (Å²) < 4.78 is 0. The zero-order valence-corrected chi connectivity index (χ0v) is 26.1. The molecular formula is C33H36BN7O7. The molecule has 1 aliphatic heterocycles. The van der Waals surface area contributed by atoms with Gasteiger partial charge in [0.2, 0.25) is 0 Å². The Bertz CT molecular complexity index is 1790. The van der Waals surface area contributed by atoms with Crippen molar-refractivity contribution in [2.24, 2.45) is 0 Å². The molecule has 1 aromatic heterocycles. The predicted molar refractivity (Wildman–Crippen MR) is 181 cm³/mol. The molecule has 0 bridgehead atoms. The lowest BCUT2D eigenvalue weighted by Gasteiger charge is -2.34. The molecule has 14 nitrogen and oxygen atoms in total. The standard InChI is InChI=1S/C33H36BN7O7/c42-29(31(44)41-18-16-40(17-19-41)30(43)22-8-2-1-3-9-22)26-21-37-28-25(26)12-7-13-27(28)39-33(46)36-15-5-4-14-35-32(45)38-24-11-6-10-23(20-24)34(47)48/h1-3,6-13,20-21,37,47-48H,4-5,14-19H2,(H2,35,38,45)(H2,36,39,46). The monoisotopic (exact) mass is 653 g/mol. The maximum atomic E-state index is 13.2. The molecule has 1 fully saturated rings. The molecular weight excluding hydrogens is 617 g/mol. The van der Waals surface area contributed by atoms with Crippen molar-refractivity contribution in [3.8, 4) is 0 Å². The Hall–Kier alpha value is -5.67. The van der Waals surface area contributed by atoms with Crippen LogP contribution in [-0.2, 0) is 4.79 Å². The second-order valence-corrected chi connectivity index (χ2v) is 11.2. The maximum Gasteiger partial charge on any atom is 0.488 e. The molecule has 5 rings (SSSR count). The van der Waals surface area contributed by atoms with Gasteiger partial charge in [-0.3, -0.25) is 14.4 Å². The van der Waals surface area contributed by atoms with Gasteiger partial charge in [-0.2, -0.15) is 0 Å². The SMILES string of the molecule is O=C(NCCCCNC(=O)Nc1cccc2c(C(=O)C(=O)N3CCN(C(=O)c4ccccc4)CC3)c[nH]c12)Nc1cccc(B(O)O)c1. The third-order valence-corrected chi connectivity index (χ3v) is 7.89. The summed E-state index contributed by atoms with van der Waals surface area (Å²) in [6, 6.07) is 19.3. The van der Waals surface area contributed by atoms with Gasteiger partial charge in [-0.05, 0) is 48.6 Å². The molecule has 0 radical (unpaired) electrons. The van der Waals surface area contributed by atoms with Gasteiger partial charge in [-0.1, -0.05) is 42.5 Å². The number of unbranched alkanes of at least 4 members (excludes halogenated alkanes) is 1. The summed E-state index contributed by atoms with van der Waals surface area (Å²) in [6.07, 6.45) is 2.63. The highest BCUT2D eigenvalue weighted by Gasteiger charge is 2.30. The number of hydrogen-bond acceptors (Lipinski definition) is 7. The first-order chi connectivity index (χ1) is 23.2. The summed E-state index contributed by atoms with van der Waals surface area (Å²) in [5.41, 5.74) is 2.37. The number of urea groups is 2. The van der Waals surface area contributed by atoms with Crippen LogP contribution in [0.15, 0.2) is 79.0 Å². The number of piperazine rings is 1. The average Bonchev–Trinajstić information content (AvgIpc) is 3.54. The van der Waals surface area contributed by atoms with E-state index in [-0.39, 0.29) is 30.0 Å². The van der Waals surface area contributed by atoms with E-state index in [1.165, 1.54) is 23.2 Å². The van der Waals surface area contributed by atoms with Crippen LogP contribution in [-0.4, -0.2) is 101 Å². The van der Waals surface area contributed by atoms with E-state index in [0.29, 0.717) is 66.9 Å². The Kier molecular flexibility index (Phi) is 11.1. The van der Waals surface area contributed by atoms with Crippen LogP contribution in [0.1, 0.15) is 33.6 Å². The molecule has 6 amide bonds. The van der Waals surface area contributed by atoms with Crippen molar-refractivity contribution in [1.29, 1.82) is 0 Å². The highest BCUT2D eigenvalue weighted by atomic mass is 16.4. The fraction of sp³-hybridized carbons (Fsp3) is 0.242. The summed E-state index contributed by atoms with van der Waals surface area (Å²) in [6.45, 7) is 1.83. The van der Waals surface area contributed by atoms with E-state index >= 15 is 0 Å². The minimum absolute atomic E-state index is 0.113. The molecule has 0 saturated carbocycles. The lowest BCUT2D eigenvalue weighted by molar-refractivity contribution is -0.127. The lowest BCUT2D eigenvalue weighted by Crippen LogP contribution is -2.52. The van der Waals surface area contributed by atoms with Crippen molar-refractivity contribution < 1.29 is 34.0 Å². The fourth-order valence-electron chi connectivity index (χ4n) is 5.35. The number of fused-ring (bicyclic) bond motifs is 1. The summed E-state index contributed by atoms with van der Waals surface area (Å²) in [5, 5.41) is 29.9. The van der Waals surface area contributed by atoms with Gasteiger partial charge < -0.3 is 46.1 Å². The van der Waals surface area contributed by atoms with Crippen LogP contribution in [0, 0.1) is 0 Å². The number of nitrogens with one attached hydrogen (secondary N) is 5.